The molecule has 0 radical (unpaired) electrons. The molecular weight excluding hydrogens is 514 g/mol. The lowest BCUT2D eigenvalue weighted by atomic mass is 10.1. The molecule has 0 aliphatic carbocycles. The van der Waals surface area contributed by atoms with Crippen molar-refractivity contribution < 1.29 is 29.4 Å². The molecule has 0 fully saturated rings. The predicted octanol–water partition coefficient (Wildman–Crippen LogP) is -4.53. The molecule has 17 N–H and O–H groups in total. The highest BCUT2D eigenvalue weighted by Crippen LogP contribution is 2.06. The molecule has 0 bridgehead atoms. The van der Waals surface area contributed by atoms with Crippen LogP contribution in [0.5, 0.6) is 0 Å². The van der Waals surface area contributed by atoms with Gasteiger partial charge in [-0.2, -0.15) is 0 Å². The van der Waals surface area contributed by atoms with Gasteiger partial charge in [-0.25, -0.2) is 4.79 Å². The van der Waals surface area contributed by atoms with E-state index in [9.17, 15) is 29.4 Å². The fourth-order valence-electron chi connectivity index (χ4n) is 3.37. The van der Waals surface area contributed by atoms with Gasteiger partial charge in [-0.3, -0.25) is 24.4 Å². The summed E-state index contributed by atoms with van der Waals surface area (Å²) in [5, 5.41) is 26.9. The lowest BCUT2D eigenvalue weighted by Crippen LogP contribution is -2.59. The fourth-order valence-corrected chi connectivity index (χ4v) is 3.37. The van der Waals surface area contributed by atoms with Gasteiger partial charge >= 0.3 is 5.97 Å². The van der Waals surface area contributed by atoms with Crippen molar-refractivity contribution in [2.75, 3.05) is 19.6 Å². The van der Waals surface area contributed by atoms with E-state index in [1.165, 1.54) is 6.92 Å². The number of nitrogens with zero attached hydrogens (tertiary/aromatic N) is 2. The minimum atomic E-state index is -1.43. The van der Waals surface area contributed by atoms with Crippen molar-refractivity contribution in [3.05, 3.63) is 0 Å². The number of hydrogen-bond acceptors (Lipinski definition) is 9. The van der Waals surface area contributed by atoms with Gasteiger partial charge in [0, 0.05) is 13.1 Å². The lowest BCUT2D eigenvalue weighted by Gasteiger charge is -2.26. The van der Waals surface area contributed by atoms with Gasteiger partial charge in [-0.05, 0) is 52.0 Å². The highest BCUT2D eigenvalue weighted by atomic mass is 16.4. The Morgan fingerprint density at radius 3 is 1.72 bits per heavy atom. The number of aliphatic hydroxyl groups excluding tert-OH is 1. The summed E-state index contributed by atoms with van der Waals surface area (Å²) in [7, 11) is 0. The second kappa shape index (κ2) is 19.4. The molecular formula is C22H45N11O6. The number of aliphatic hydroxyl groups is 1. The molecule has 5 atom stereocenters. The Bertz CT molecular complexity index is 844. The second-order valence-electron chi connectivity index (χ2n) is 8.98. The number of hydrogen-bond donors (Lipinski definition) is 11. The summed E-state index contributed by atoms with van der Waals surface area (Å²) in [4.78, 5) is 57.8. The summed E-state index contributed by atoms with van der Waals surface area (Å²) in [6, 6.07) is -4.88. The number of guanidine groups is 2. The Morgan fingerprint density at radius 1 is 0.744 bits per heavy atom. The minimum absolute atomic E-state index is 0.0148. The van der Waals surface area contributed by atoms with Gasteiger partial charge < -0.3 is 60.6 Å². The van der Waals surface area contributed by atoms with E-state index in [1.807, 2.05) is 0 Å². The normalized spacial score (nSPS) is 14.6. The van der Waals surface area contributed by atoms with Gasteiger partial charge in [0.25, 0.3) is 0 Å². The summed E-state index contributed by atoms with van der Waals surface area (Å²) < 4.78 is 0. The van der Waals surface area contributed by atoms with Crippen molar-refractivity contribution in [1.29, 1.82) is 0 Å². The summed E-state index contributed by atoms with van der Waals surface area (Å²) in [5.74, 6) is -3.92. The molecule has 0 aliphatic heterocycles. The zero-order valence-corrected chi connectivity index (χ0v) is 22.3. The monoisotopic (exact) mass is 559 g/mol. The molecule has 17 nitrogen and oxygen atoms in total. The van der Waals surface area contributed by atoms with Gasteiger partial charge in [0.2, 0.25) is 17.7 Å². The maximum atomic E-state index is 13.0. The van der Waals surface area contributed by atoms with Crippen LogP contribution in [0.25, 0.3) is 0 Å². The van der Waals surface area contributed by atoms with E-state index in [4.69, 9.17) is 34.4 Å². The second-order valence-corrected chi connectivity index (χ2v) is 8.98. The number of carbonyl (C=O) groups excluding carboxylic acids is 3. The highest BCUT2D eigenvalue weighted by Gasteiger charge is 2.32. The number of unbranched alkanes of at least 4 members (excludes halogenated alkanes) is 1. The lowest BCUT2D eigenvalue weighted by molar-refractivity contribution is -0.142. The van der Waals surface area contributed by atoms with Crippen molar-refractivity contribution in [2.45, 2.75) is 82.1 Å². The molecule has 0 rings (SSSR count). The van der Waals surface area contributed by atoms with Crippen molar-refractivity contribution in [1.82, 2.24) is 16.0 Å². The first kappa shape index (κ1) is 35.3. The molecule has 0 aromatic rings. The number of nitrogens with one attached hydrogen (secondary N) is 3. The van der Waals surface area contributed by atoms with Crippen molar-refractivity contribution >= 4 is 35.6 Å². The predicted molar refractivity (Wildman–Crippen MR) is 146 cm³/mol. The summed E-state index contributed by atoms with van der Waals surface area (Å²) in [6.45, 7) is 2.02. The van der Waals surface area contributed by atoms with Crippen LogP contribution < -0.4 is 50.4 Å². The zero-order valence-electron chi connectivity index (χ0n) is 22.3. The first-order chi connectivity index (χ1) is 18.3. The largest absolute Gasteiger partial charge is 0.480 e. The average Bonchev–Trinajstić information content (AvgIpc) is 2.85. The molecule has 0 aromatic carbocycles. The first-order valence-electron chi connectivity index (χ1n) is 12.7. The van der Waals surface area contributed by atoms with Gasteiger partial charge in [0.05, 0.1) is 12.1 Å². The number of carboxylic acid groups (broad SMARTS) is 1. The topological polar surface area (TPSA) is 326 Å². The zero-order chi connectivity index (χ0) is 30.0. The van der Waals surface area contributed by atoms with Crippen LogP contribution in [0.4, 0.5) is 0 Å². The third kappa shape index (κ3) is 16.0. The van der Waals surface area contributed by atoms with E-state index in [0.717, 1.165) is 0 Å². The smallest absolute Gasteiger partial charge is 0.326 e. The van der Waals surface area contributed by atoms with E-state index in [-0.39, 0.29) is 50.7 Å². The molecule has 0 heterocycles. The standard InChI is InChI=1S/C22H45N11O6/c1-12(34)16(33-17(35)13(24)6-2-3-9-23)19(37)31-14(7-4-10-29-21(25)26)18(36)32-15(20(38)39)8-5-11-30-22(27)28/h12-16,34H,2-11,23-24H2,1H3,(H,31,37)(H,32,36)(H,33,35)(H,38,39)(H4,25,26,29)(H4,27,28,30)/t12-,13+,14+,15+,16+/m1/s1. The number of rotatable bonds is 20. The number of amides is 3. The molecule has 0 aliphatic rings. The third-order valence-electron chi connectivity index (χ3n) is 5.51. The molecule has 0 aromatic heterocycles. The molecule has 0 saturated carbocycles. The van der Waals surface area contributed by atoms with Crippen LogP contribution in [0.1, 0.15) is 51.9 Å². The molecule has 39 heavy (non-hydrogen) atoms. The van der Waals surface area contributed by atoms with Crippen LogP contribution in [0.15, 0.2) is 9.98 Å². The molecule has 0 unspecified atom stereocenters. The van der Waals surface area contributed by atoms with Crippen molar-refractivity contribution in [3.8, 4) is 0 Å². The third-order valence-corrected chi connectivity index (χ3v) is 5.51. The summed E-state index contributed by atoms with van der Waals surface area (Å²) in [6.07, 6.45) is 0.808. The van der Waals surface area contributed by atoms with Crippen molar-refractivity contribution in [3.63, 3.8) is 0 Å². The molecule has 17 heteroatoms. The molecule has 224 valence electrons. The Morgan fingerprint density at radius 2 is 1.26 bits per heavy atom. The maximum absolute atomic E-state index is 13.0. The summed E-state index contributed by atoms with van der Waals surface area (Å²) in [5.41, 5.74) is 32.4. The van der Waals surface area contributed by atoms with Gasteiger partial charge in [0.1, 0.15) is 18.1 Å². The number of carboxylic acids is 1. The number of aliphatic carboxylic acids is 1. The van der Waals surface area contributed by atoms with Gasteiger partial charge in [-0.1, -0.05) is 6.42 Å². The number of nitrogens with two attached hydrogens (primary N) is 6. The Hall–Kier alpha value is -3.70. The van der Waals surface area contributed by atoms with Crippen LogP contribution in [0.2, 0.25) is 0 Å². The van der Waals surface area contributed by atoms with E-state index < -0.39 is 54.0 Å². The van der Waals surface area contributed by atoms with Crippen LogP contribution in [0.3, 0.4) is 0 Å². The van der Waals surface area contributed by atoms with Gasteiger partial charge in [0.15, 0.2) is 11.9 Å². The van der Waals surface area contributed by atoms with Gasteiger partial charge in [-0.15, -0.1) is 0 Å². The minimum Gasteiger partial charge on any atom is -0.480 e. The number of carbonyl (C=O) groups is 4. The van der Waals surface area contributed by atoms with E-state index in [1.54, 1.807) is 0 Å². The summed E-state index contributed by atoms with van der Waals surface area (Å²) >= 11 is 0. The molecule has 0 spiro atoms. The number of aliphatic imine (C=N–C) groups is 2. The van der Waals surface area contributed by atoms with Crippen molar-refractivity contribution in [2.24, 2.45) is 44.4 Å². The Kier molecular flexibility index (Phi) is 17.5. The maximum Gasteiger partial charge on any atom is 0.326 e. The van der Waals surface area contributed by atoms with Crippen LogP contribution >= 0.6 is 0 Å². The molecule has 0 saturated heterocycles. The Labute approximate surface area is 227 Å². The highest BCUT2D eigenvalue weighted by molar-refractivity contribution is 5.94. The average molecular weight is 560 g/mol. The Balaban J connectivity index is 5.52. The van der Waals surface area contributed by atoms with Crippen LogP contribution in [-0.4, -0.2) is 95.7 Å². The van der Waals surface area contributed by atoms with E-state index >= 15 is 0 Å². The van der Waals surface area contributed by atoms with E-state index in [0.29, 0.717) is 25.8 Å². The van der Waals surface area contributed by atoms with Crippen LogP contribution in [0, 0.1) is 0 Å². The fraction of sp³-hybridized carbons (Fsp3) is 0.727. The quantitative estimate of drug-likeness (QED) is 0.0381. The first-order valence-corrected chi connectivity index (χ1v) is 12.7. The molecule has 3 amide bonds. The SMILES string of the molecule is C[C@@H](O)[C@H](NC(=O)[C@@H](N)CCCCN)C(=O)N[C@@H](CCCN=C(N)N)C(=O)N[C@@H](CCCN=C(N)N)C(=O)O. The van der Waals surface area contributed by atoms with E-state index in [2.05, 4.69) is 25.9 Å². The van der Waals surface area contributed by atoms with Crippen LogP contribution in [-0.2, 0) is 19.2 Å².